The van der Waals surface area contributed by atoms with E-state index in [1.807, 2.05) is 0 Å². The number of carbonyl (C=O) groups is 1. The average molecular weight is 141 g/mol. The first-order valence-electron chi connectivity index (χ1n) is 0.632. The van der Waals surface area contributed by atoms with Crippen LogP contribution in [0.25, 0.3) is 0 Å². The van der Waals surface area contributed by atoms with Gasteiger partial charge in [0.25, 0.3) is 0 Å². The van der Waals surface area contributed by atoms with Crippen molar-refractivity contribution < 1.29 is 32.0 Å². The molecule has 0 aliphatic carbocycles. The number of rotatable bonds is 0. The lowest BCUT2D eigenvalue weighted by Gasteiger charge is -1.74. The van der Waals surface area contributed by atoms with Crippen LogP contribution in [0.4, 0.5) is 4.79 Å². The van der Waals surface area contributed by atoms with Gasteiger partial charge >= 0.3 is 0 Å². The summed E-state index contributed by atoms with van der Waals surface area (Å²) < 4.78 is 0. The van der Waals surface area contributed by atoms with E-state index in [1.54, 1.807) is 0 Å². The highest BCUT2D eigenvalue weighted by Gasteiger charge is 1.51. The van der Waals surface area contributed by atoms with Crippen molar-refractivity contribution in [2.24, 2.45) is 0 Å². The minimum Gasteiger partial charge on any atom is -1.00 e. The Hall–Kier alpha value is -0.250. The van der Waals surface area contributed by atoms with Crippen LogP contribution in [-0.4, -0.2) is 11.3 Å². The minimum absolute atomic E-state index is 0. The number of hydrogen-bond acceptors (Lipinski definition) is 2. The molecule has 4 heteroatoms. The Morgan fingerprint density at radius 3 is 1.80 bits per heavy atom. The summed E-state index contributed by atoms with van der Waals surface area (Å²) >= 11 is 0. The fourth-order valence-corrected chi connectivity index (χ4v) is 0. The van der Waals surface area contributed by atoms with Gasteiger partial charge in [0.2, 0.25) is 6.16 Å². The maximum atomic E-state index is 8.44. The van der Waals surface area contributed by atoms with Crippen LogP contribution in [0.3, 0.4) is 0 Å². The van der Waals surface area contributed by atoms with Crippen LogP contribution >= 0.6 is 0 Å². The van der Waals surface area contributed by atoms with E-state index < -0.39 is 6.16 Å². The lowest BCUT2D eigenvalue weighted by atomic mass is 11.5. The van der Waals surface area contributed by atoms with Crippen LogP contribution in [0, 0.1) is 0 Å². The molecule has 0 saturated heterocycles. The molecule has 0 aromatic heterocycles. The Morgan fingerprint density at radius 1 is 1.80 bits per heavy atom. The second-order valence-corrected chi connectivity index (χ2v) is 0.266. The molecular weight excluding hydrogens is 140 g/mol. The molecule has 0 radical (unpaired) electrons. The van der Waals surface area contributed by atoms with Gasteiger partial charge in [0.05, 0.1) is 0 Å². The standard InChI is InChI=1S/CH2O3.BrH/c2-1(3)4;/h(H2,2,3,4);1H/p-2. The Bertz CT molecular complexity index is 29.9. The SMILES string of the molecule is O=C([O-])O.[Br-]. The quantitative estimate of drug-likeness (QED) is 0.373. The molecule has 32 valence electrons. The molecule has 0 aliphatic heterocycles. The van der Waals surface area contributed by atoms with E-state index >= 15 is 0 Å². The highest BCUT2D eigenvalue weighted by atomic mass is 79.9. The molecule has 0 aromatic carbocycles. The van der Waals surface area contributed by atoms with Gasteiger partial charge in [-0.1, -0.05) is 0 Å². The summed E-state index contributed by atoms with van der Waals surface area (Å²) in [5.41, 5.74) is 0. The summed E-state index contributed by atoms with van der Waals surface area (Å²) in [6, 6.07) is 0. The van der Waals surface area contributed by atoms with Gasteiger partial charge in [-0.3, -0.25) is 0 Å². The molecule has 0 bridgehead atoms. The fraction of sp³-hybridized carbons (Fsp3) is 0. The lowest BCUT2D eigenvalue weighted by molar-refractivity contribution is -0.275. The molecule has 0 atom stereocenters. The monoisotopic (exact) mass is 140 g/mol. The Labute approximate surface area is 39.0 Å². The summed E-state index contributed by atoms with van der Waals surface area (Å²) in [7, 11) is 0. The third-order valence-electron chi connectivity index (χ3n) is 0. The maximum absolute atomic E-state index is 8.44. The highest BCUT2D eigenvalue weighted by molar-refractivity contribution is 5.50. The normalized spacial score (nSPS) is 4.80. The van der Waals surface area contributed by atoms with Gasteiger partial charge in [-0.2, -0.15) is 0 Å². The summed E-state index contributed by atoms with van der Waals surface area (Å²) in [5, 5.41) is 15.3. The smallest absolute Gasteiger partial charge is 0.249 e. The molecule has 0 aliphatic rings. The molecule has 0 amide bonds. The molecule has 0 heterocycles. The number of halogens is 1. The maximum Gasteiger partial charge on any atom is 0.249 e. The van der Waals surface area contributed by atoms with Crippen molar-refractivity contribution in [2.75, 3.05) is 0 Å². The van der Waals surface area contributed by atoms with Crippen molar-refractivity contribution in [3.8, 4) is 0 Å². The predicted molar refractivity (Wildman–Crippen MR) is 8.02 cm³/mol. The van der Waals surface area contributed by atoms with Crippen LogP contribution in [0.2, 0.25) is 0 Å². The third-order valence-corrected chi connectivity index (χ3v) is 0. The van der Waals surface area contributed by atoms with Gasteiger partial charge in [0, 0.05) is 0 Å². The van der Waals surface area contributed by atoms with E-state index in [9.17, 15) is 0 Å². The zero-order valence-corrected chi connectivity index (χ0v) is 3.73. The second kappa shape index (κ2) is 3.75. The topological polar surface area (TPSA) is 60.4 Å². The molecule has 0 spiro atoms. The Kier molecular flexibility index (Phi) is 6.62. The summed E-state index contributed by atoms with van der Waals surface area (Å²) in [6.07, 6.45) is -2.08. The molecule has 0 aromatic rings. The lowest BCUT2D eigenvalue weighted by Crippen LogP contribution is -3.00. The Morgan fingerprint density at radius 2 is 1.80 bits per heavy atom. The first-order valence-corrected chi connectivity index (χ1v) is 0.632. The van der Waals surface area contributed by atoms with Gasteiger partial charge in [-0.05, 0) is 0 Å². The van der Waals surface area contributed by atoms with Gasteiger partial charge in [-0.15, -0.1) is 0 Å². The van der Waals surface area contributed by atoms with E-state index in [0.29, 0.717) is 0 Å². The number of carboxylic acid groups (broad SMARTS) is 2. The van der Waals surface area contributed by atoms with Crippen LogP contribution in [0.15, 0.2) is 0 Å². The van der Waals surface area contributed by atoms with Crippen LogP contribution in [0.1, 0.15) is 0 Å². The minimum atomic E-state index is -2.08. The summed E-state index contributed by atoms with van der Waals surface area (Å²) in [4.78, 5) is 8.44. The largest absolute Gasteiger partial charge is 1.00 e. The molecule has 0 fully saturated rings. The summed E-state index contributed by atoms with van der Waals surface area (Å²) in [6.45, 7) is 0. The first kappa shape index (κ1) is 8.83. The first-order chi connectivity index (χ1) is 1.73. The van der Waals surface area contributed by atoms with Crippen molar-refractivity contribution in [1.29, 1.82) is 0 Å². The zero-order chi connectivity index (χ0) is 3.58. The Balaban J connectivity index is 0. The molecule has 0 saturated carbocycles. The van der Waals surface area contributed by atoms with Crippen molar-refractivity contribution in [3.05, 3.63) is 0 Å². The second-order valence-electron chi connectivity index (χ2n) is 0.266. The average Bonchev–Trinajstić information content (AvgIpc) is 0.811. The van der Waals surface area contributed by atoms with Crippen molar-refractivity contribution >= 4 is 6.16 Å². The van der Waals surface area contributed by atoms with E-state index in [4.69, 9.17) is 15.0 Å². The van der Waals surface area contributed by atoms with Gasteiger partial charge in [0.15, 0.2) is 0 Å². The van der Waals surface area contributed by atoms with Crippen LogP contribution in [0.5, 0.6) is 0 Å². The van der Waals surface area contributed by atoms with Crippen LogP contribution in [-0.2, 0) is 0 Å². The highest BCUT2D eigenvalue weighted by Crippen LogP contribution is 1.32. The van der Waals surface area contributed by atoms with Gasteiger partial charge in [0.1, 0.15) is 0 Å². The molecule has 5 heavy (non-hydrogen) atoms. The molecule has 0 rings (SSSR count). The third kappa shape index (κ3) is 184. The van der Waals surface area contributed by atoms with Crippen molar-refractivity contribution in [2.45, 2.75) is 0 Å². The van der Waals surface area contributed by atoms with Gasteiger partial charge < -0.3 is 32.0 Å². The van der Waals surface area contributed by atoms with E-state index in [2.05, 4.69) is 0 Å². The molecule has 0 unspecified atom stereocenters. The molecular formula is CHBrO3-2. The zero-order valence-electron chi connectivity index (χ0n) is 2.14. The van der Waals surface area contributed by atoms with Crippen LogP contribution < -0.4 is 22.1 Å². The van der Waals surface area contributed by atoms with Gasteiger partial charge in [-0.25, -0.2) is 0 Å². The fourth-order valence-electron chi connectivity index (χ4n) is 0. The predicted octanol–water partition coefficient (Wildman–Crippen LogP) is -4.11. The molecule has 1 N–H and O–H groups in total. The molecule has 3 nitrogen and oxygen atoms in total. The van der Waals surface area contributed by atoms with E-state index in [1.165, 1.54) is 0 Å². The van der Waals surface area contributed by atoms with E-state index in [0.717, 1.165) is 0 Å². The van der Waals surface area contributed by atoms with Crippen molar-refractivity contribution in [1.82, 2.24) is 0 Å². The summed E-state index contributed by atoms with van der Waals surface area (Å²) in [5.74, 6) is 0. The van der Waals surface area contributed by atoms with Crippen molar-refractivity contribution in [3.63, 3.8) is 0 Å². The number of hydrogen-bond donors (Lipinski definition) is 1. The van der Waals surface area contributed by atoms with E-state index in [-0.39, 0.29) is 17.0 Å².